The van der Waals surface area contributed by atoms with Gasteiger partial charge in [0, 0.05) is 49.9 Å². The van der Waals surface area contributed by atoms with Gasteiger partial charge in [-0.05, 0) is 42.0 Å². The number of ether oxygens (including phenoxy) is 1. The normalized spacial score (nSPS) is 15.4. The second-order valence-electron chi connectivity index (χ2n) is 7.59. The molecule has 1 aliphatic rings. The van der Waals surface area contributed by atoms with Crippen LogP contribution in [0.2, 0.25) is 0 Å². The van der Waals surface area contributed by atoms with Crippen molar-refractivity contribution in [2.24, 2.45) is 0 Å². The van der Waals surface area contributed by atoms with Gasteiger partial charge in [-0.3, -0.25) is 4.79 Å². The minimum atomic E-state index is -0.135. The van der Waals surface area contributed by atoms with Crippen molar-refractivity contribution >= 4 is 29.1 Å². The van der Waals surface area contributed by atoms with E-state index in [0.717, 1.165) is 40.1 Å². The number of carbonyl (C=O) groups is 1. The van der Waals surface area contributed by atoms with Gasteiger partial charge in [-0.15, -0.1) is 0 Å². The summed E-state index contributed by atoms with van der Waals surface area (Å²) in [5.41, 5.74) is 3.05. The smallest absolute Gasteiger partial charge is 0.251 e. The Morgan fingerprint density at radius 1 is 1.29 bits per heavy atom. The van der Waals surface area contributed by atoms with Crippen LogP contribution in [0.3, 0.4) is 0 Å². The zero-order valence-electron chi connectivity index (χ0n) is 17.5. The van der Waals surface area contributed by atoms with Crippen LogP contribution >= 0.6 is 0 Å². The Balaban J connectivity index is 1.55. The predicted molar refractivity (Wildman–Crippen MR) is 119 cm³/mol. The molecule has 158 valence electrons. The summed E-state index contributed by atoms with van der Waals surface area (Å²) in [6.45, 7) is 1.19. The van der Waals surface area contributed by atoms with Crippen molar-refractivity contribution < 1.29 is 9.53 Å². The molecule has 31 heavy (non-hydrogen) atoms. The molecule has 1 amide bonds. The van der Waals surface area contributed by atoms with Crippen molar-refractivity contribution in [1.82, 2.24) is 29.8 Å². The number of hydrogen-bond acceptors (Lipinski definition) is 4. The number of aromatic amines is 2. The Labute approximate surface area is 178 Å². The van der Waals surface area contributed by atoms with Gasteiger partial charge in [0.05, 0.1) is 17.6 Å². The zero-order valence-corrected chi connectivity index (χ0v) is 17.5. The third-order valence-corrected chi connectivity index (χ3v) is 5.71. The number of imidazole rings is 2. The highest BCUT2D eigenvalue weighted by atomic mass is 16.5. The van der Waals surface area contributed by atoms with Crippen molar-refractivity contribution in [3.63, 3.8) is 0 Å². The monoisotopic (exact) mass is 416 g/mol. The summed E-state index contributed by atoms with van der Waals surface area (Å²) in [4.78, 5) is 28.4. The second kappa shape index (κ2) is 7.88. The molecule has 0 saturated carbocycles. The van der Waals surface area contributed by atoms with Gasteiger partial charge in [-0.2, -0.15) is 0 Å². The van der Waals surface area contributed by atoms with E-state index in [9.17, 15) is 4.79 Å². The second-order valence-corrected chi connectivity index (χ2v) is 7.59. The molecule has 0 radical (unpaired) electrons. The molecule has 1 unspecified atom stereocenters. The molecule has 0 saturated heterocycles. The summed E-state index contributed by atoms with van der Waals surface area (Å²) in [6, 6.07) is 7.63. The van der Waals surface area contributed by atoms with E-state index in [2.05, 4.69) is 38.1 Å². The van der Waals surface area contributed by atoms with E-state index in [0.29, 0.717) is 18.7 Å². The van der Waals surface area contributed by atoms with Crippen LogP contribution in [0, 0.1) is 0 Å². The molecule has 0 fully saturated rings. The molecule has 3 heterocycles. The van der Waals surface area contributed by atoms with Crippen LogP contribution in [0.1, 0.15) is 28.5 Å². The third-order valence-electron chi connectivity index (χ3n) is 5.71. The van der Waals surface area contributed by atoms with Gasteiger partial charge < -0.3 is 24.6 Å². The Kier molecular flexibility index (Phi) is 4.91. The molecule has 0 aliphatic heterocycles. The van der Waals surface area contributed by atoms with Crippen LogP contribution in [-0.2, 0) is 11.3 Å². The fourth-order valence-corrected chi connectivity index (χ4v) is 4.09. The number of hydrogen-bond donors (Lipinski definition) is 3. The van der Waals surface area contributed by atoms with Crippen molar-refractivity contribution in [3.05, 3.63) is 58.6 Å². The summed E-state index contributed by atoms with van der Waals surface area (Å²) in [5.74, 6) is 1.70. The maximum atomic E-state index is 12.0. The first kappa shape index (κ1) is 19.3. The average molecular weight is 416 g/mol. The minimum Gasteiger partial charge on any atom is -0.383 e. The number of aromatic nitrogens is 5. The van der Waals surface area contributed by atoms with Gasteiger partial charge in [0.2, 0.25) is 0 Å². The maximum absolute atomic E-state index is 12.0. The number of H-pyrrole nitrogens is 2. The SMILES string of the molecule is CNC(=O)c1ccc2c(c1)nc(-c1c[nH]c(C3C=c4[nH]ccc4=CC3)n1)n2CCOC. The van der Waals surface area contributed by atoms with Crippen molar-refractivity contribution in [3.8, 4) is 11.5 Å². The molecule has 1 aromatic carbocycles. The van der Waals surface area contributed by atoms with Crippen molar-refractivity contribution in [2.45, 2.75) is 18.9 Å². The standard InChI is InChI=1S/C23H24N6O2/c1-24-23(30)16-5-6-20-18(12-16)28-22(29(20)9-10-31-2)19-13-26-21(27-19)15-4-3-14-7-8-25-17(14)11-15/h3,5-8,11-13,15,25H,4,9-10H2,1-2H3,(H,24,30)(H,26,27). The number of nitrogens with one attached hydrogen (secondary N) is 3. The van der Waals surface area contributed by atoms with Crippen LogP contribution in [0.25, 0.3) is 34.7 Å². The predicted octanol–water partition coefficient (Wildman–Crippen LogP) is 1.51. The largest absolute Gasteiger partial charge is 0.383 e. The Morgan fingerprint density at radius 2 is 2.19 bits per heavy atom. The molecular weight excluding hydrogens is 392 g/mol. The molecule has 0 spiro atoms. The molecule has 1 atom stereocenters. The van der Waals surface area contributed by atoms with Crippen LogP contribution in [0.5, 0.6) is 0 Å². The van der Waals surface area contributed by atoms with Gasteiger partial charge in [-0.25, -0.2) is 9.97 Å². The molecule has 3 aromatic heterocycles. The summed E-state index contributed by atoms with van der Waals surface area (Å²) in [7, 11) is 3.30. The first-order valence-corrected chi connectivity index (χ1v) is 10.3. The Bertz CT molecular complexity index is 1380. The van der Waals surface area contributed by atoms with Crippen molar-refractivity contribution in [1.29, 1.82) is 0 Å². The van der Waals surface area contributed by atoms with Gasteiger partial charge in [0.1, 0.15) is 11.5 Å². The van der Waals surface area contributed by atoms with Crippen molar-refractivity contribution in [2.75, 3.05) is 20.8 Å². The third kappa shape index (κ3) is 3.44. The van der Waals surface area contributed by atoms with Crippen LogP contribution < -0.4 is 15.9 Å². The highest BCUT2D eigenvalue weighted by Crippen LogP contribution is 2.27. The molecule has 0 bridgehead atoms. The fraction of sp³-hybridized carbons (Fsp3) is 0.261. The lowest BCUT2D eigenvalue weighted by molar-refractivity contribution is 0.0963. The minimum absolute atomic E-state index is 0.135. The lowest BCUT2D eigenvalue weighted by atomic mass is 10.00. The number of amides is 1. The van der Waals surface area contributed by atoms with E-state index < -0.39 is 0 Å². The fourth-order valence-electron chi connectivity index (χ4n) is 4.09. The molecule has 3 N–H and O–H groups in total. The number of carbonyl (C=O) groups excluding carboxylic acids is 1. The van der Waals surface area contributed by atoms with Gasteiger partial charge >= 0.3 is 0 Å². The topological polar surface area (TPSA) is 101 Å². The summed E-state index contributed by atoms with van der Waals surface area (Å²) < 4.78 is 7.40. The molecular formula is C23H24N6O2. The highest BCUT2D eigenvalue weighted by Gasteiger charge is 2.19. The van der Waals surface area contributed by atoms with E-state index in [4.69, 9.17) is 14.7 Å². The summed E-state index contributed by atoms with van der Waals surface area (Å²) in [6.07, 6.45) is 9.19. The lowest BCUT2D eigenvalue weighted by Gasteiger charge is -2.09. The molecule has 4 aromatic rings. The Morgan fingerprint density at radius 3 is 3.03 bits per heavy atom. The van der Waals surface area contributed by atoms with E-state index in [1.807, 2.05) is 30.6 Å². The lowest BCUT2D eigenvalue weighted by Crippen LogP contribution is -2.26. The van der Waals surface area contributed by atoms with Gasteiger partial charge in [0.25, 0.3) is 5.91 Å². The molecule has 8 heteroatoms. The quantitative estimate of drug-likeness (QED) is 0.444. The zero-order chi connectivity index (χ0) is 21.4. The van der Waals surface area contributed by atoms with Crippen LogP contribution in [0.4, 0.5) is 0 Å². The van der Waals surface area contributed by atoms with Crippen LogP contribution in [0.15, 0.2) is 36.7 Å². The number of fused-ring (bicyclic) bond motifs is 2. The Hall–Kier alpha value is -3.65. The van der Waals surface area contributed by atoms with E-state index in [1.54, 1.807) is 14.2 Å². The van der Waals surface area contributed by atoms with E-state index >= 15 is 0 Å². The molecule has 1 aliphatic carbocycles. The number of benzene rings is 1. The van der Waals surface area contributed by atoms with E-state index in [-0.39, 0.29) is 11.8 Å². The molecule has 5 rings (SSSR count). The van der Waals surface area contributed by atoms with E-state index in [1.165, 1.54) is 5.22 Å². The average Bonchev–Trinajstić information content (AvgIpc) is 3.54. The number of nitrogens with zero attached hydrogens (tertiary/aromatic N) is 3. The first-order chi connectivity index (χ1) is 15.2. The highest BCUT2D eigenvalue weighted by molar-refractivity contribution is 5.97. The summed E-state index contributed by atoms with van der Waals surface area (Å²) >= 11 is 0. The molecule has 8 nitrogen and oxygen atoms in total. The number of methoxy groups -OCH3 is 1. The summed E-state index contributed by atoms with van der Waals surface area (Å²) in [5, 5.41) is 5.02. The first-order valence-electron chi connectivity index (χ1n) is 10.3. The maximum Gasteiger partial charge on any atom is 0.251 e. The van der Waals surface area contributed by atoms with Gasteiger partial charge in [-0.1, -0.05) is 6.08 Å². The number of rotatable bonds is 6. The van der Waals surface area contributed by atoms with Crippen LogP contribution in [-0.4, -0.2) is 51.2 Å². The van der Waals surface area contributed by atoms with Gasteiger partial charge in [0.15, 0.2) is 5.82 Å².